The van der Waals surface area contributed by atoms with Crippen LogP contribution >= 0.6 is 11.3 Å². The molecule has 0 aliphatic rings. The highest BCUT2D eigenvalue weighted by molar-refractivity contribution is 7.14. The van der Waals surface area contributed by atoms with E-state index in [0.717, 1.165) is 47.3 Å². The van der Waals surface area contributed by atoms with Gasteiger partial charge in [-0.25, -0.2) is 0 Å². The molecule has 0 saturated heterocycles. The van der Waals surface area contributed by atoms with Crippen molar-refractivity contribution in [3.63, 3.8) is 0 Å². The first-order valence-electron chi connectivity index (χ1n) is 7.36. The normalized spacial score (nSPS) is 11.0. The average Bonchev–Trinajstić information content (AvgIpc) is 2.95. The van der Waals surface area contributed by atoms with Gasteiger partial charge in [0.1, 0.15) is 15.8 Å². The zero-order chi connectivity index (χ0) is 15.1. The van der Waals surface area contributed by atoms with E-state index in [-0.39, 0.29) is 0 Å². The minimum atomic E-state index is 0.700. The number of hydrogen-bond acceptors (Lipinski definition) is 5. The molecule has 0 bridgehead atoms. The topological polar surface area (TPSA) is 47.0 Å². The molecule has 1 heterocycles. The molecule has 0 spiro atoms. The molecule has 1 aromatic carbocycles. The zero-order valence-electron chi connectivity index (χ0n) is 12.9. The summed E-state index contributed by atoms with van der Waals surface area (Å²) in [6, 6.07) is 7.95. The molecule has 2 rings (SSSR count). The van der Waals surface area contributed by atoms with Gasteiger partial charge in [-0.2, -0.15) is 0 Å². The number of nitrogens with zero attached hydrogens (tertiary/aromatic N) is 2. The Morgan fingerprint density at radius 1 is 1.29 bits per heavy atom. The van der Waals surface area contributed by atoms with Crippen molar-refractivity contribution in [1.82, 2.24) is 15.5 Å². The van der Waals surface area contributed by atoms with E-state index in [1.165, 1.54) is 0 Å². The fourth-order valence-corrected chi connectivity index (χ4v) is 2.86. The van der Waals surface area contributed by atoms with E-state index in [0.29, 0.717) is 5.92 Å². The van der Waals surface area contributed by atoms with Crippen molar-refractivity contribution in [2.45, 2.75) is 26.7 Å². The van der Waals surface area contributed by atoms with Crippen LogP contribution in [0, 0.1) is 5.92 Å². The van der Waals surface area contributed by atoms with E-state index in [2.05, 4.69) is 29.4 Å². The highest BCUT2D eigenvalue weighted by Gasteiger charge is 2.07. The highest BCUT2D eigenvalue weighted by atomic mass is 32.1. The van der Waals surface area contributed by atoms with Gasteiger partial charge >= 0.3 is 0 Å². The van der Waals surface area contributed by atoms with Gasteiger partial charge in [0.05, 0.1) is 7.11 Å². The van der Waals surface area contributed by atoms with Crippen LogP contribution in [0.15, 0.2) is 24.3 Å². The Balaban J connectivity index is 1.86. The van der Waals surface area contributed by atoms with Gasteiger partial charge in [-0.3, -0.25) is 0 Å². The Morgan fingerprint density at radius 2 is 2.14 bits per heavy atom. The summed E-state index contributed by atoms with van der Waals surface area (Å²) in [5.41, 5.74) is 1.07. The number of rotatable bonds is 8. The average molecular weight is 305 g/mol. The second-order valence-electron chi connectivity index (χ2n) is 5.43. The second-order valence-corrected chi connectivity index (χ2v) is 6.50. The van der Waals surface area contributed by atoms with Crippen LogP contribution in [0.5, 0.6) is 5.75 Å². The number of hydrogen-bond donors (Lipinski definition) is 1. The summed E-state index contributed by atoms with van der Waals surface area (Å²) in [4.78, 5) is 0. The summed E-state index contributed by atoms with van der Waals surface area (Å²) in [5, 5.41) is 14.1. The van der Waals surface area contributed by atoms with Crippen LogP contribution in [0.2, 0.25) is 0 Å². The van der Waals surface area contributed by atoms with Gasteiger partial charge in [-0.15, -0.1) is 10.2 Å². The summed E-state index contributed by atoms with van der Waals surface area (Å²) < 4.78 is 5.24. The third-order valence-electron chi connectivity index (χ3n) is 3.08. The Kier molecular flexibility index (Phi) is 6.14. The van der Waals surface area contributed by atoms with Crippen molar-refractivity contribution < 1.29 is 4.74 Å². The minimum absolute atomic E-state index is 0.700. The minimum Gasteiger partial charge on any atom is -0.497 e. The lowest BCUT2D eigenvalue weighted by Crippen LogP contribution is -2.21. The molecule has 21 heavy (non-hydrogen) atoms. The summed E-state index contributed by atoms with van der Waals surface area (Å²) in [6.07, 6.45) is 2.08. The smallest absolute Gasteiger partial charge is 0.147 e. The maximum Gasteiger partial charge on any atom is 0.147 e. The van der Waals surface area contributed by atoms with Gasteiger partial charge in [0.15, 0.2) is 0 Å². The molecule has 0 radical (unpaired) electrons. The Morgan fingerprint density at radius 3 is 2.90 bits per heavy atom. The molecule has 0 fully saturated rings. The zero-order valence-corrected chi connectivity index (χ0v) is 13.7. The van der Waals surface area contributed by atoms with Crippen LogP contribution in [0.25, 0.3) is 10.6 Å². The SMILES string of the molecule is COc1cccc(-c2nnc(CCCNCC(C)C)s2)c1. The molecular weight excluding hydrogens is 282 g/mol. The molecule has 0 aliphatic heterocycles. The first-order chi connectivity index (χ1) is 10.2. The third-order valence-corrected chi connectivity index (χ3v) is 4.11. The van der Waals surface area contributed by atoms with Crippen molar-refractivity contribution in [2.75, 3.05) is 20.2 Å². The van der Waals surface area contributed by atoms with Gasteiger partial charge in [0.2, 0.25) is 0 Å². The number of ether oxygens (including phenoxy) is 1. The Hall–Kier alpha value is -1.46. The van der Waals surface area contributed by atoms with Crippen LogP contribution in [0.1, 0.15) is 25.3 Å². The quantitative estimate of drug-likeness (QED) is 0.759. The molecule has 2 aromatic rings. The van der Waals surface area contributed by atoms with E-state index < -0.39 is 0 Å². The summed E-state index contributed by atoms with van der Waals surface area (Å²) in [5.74, 6) is 1.55. The maximum absolute atomic E-state index is 5.24. The predicted octanol–water partition coefficient (Wildman–Crippen LogP) is 3.39. The van der Waals surface area contributed by atoms with Crippen LogP contribution in [0.3, 0.4) is 0 Å². The van der Waals surface area contributed by atoms with Crippen molar-refractivity contribution >= 4 is 11.3 Å². The lowest BCUT2D eigenvalue weighted by molar-refractivity contribution is 0.415. The van der Waals surface area contributed by atoms with Gasteiger partial charge in [0.25, 0.3) is 0 Å². The van der Waals surface area contributed by atoms with Crippen LogP contribution in [-0.4, -0.2) is 30.4 Å². The Labute approximate surface area is 130 Å². The lowest BCUT2D eigenvalue weighted by Gasteiger charge is -2.05. The van der Waals surface area contributed by atoms with Crippen LogP contribution < -0.4 is 10.1 Å². The summed E-state index contributed by atoms with van der Waals surface area (Å²) in [7, 11) is 1.68. The first-order valence-corrected chi connectivity index (χ1v) is 8.18. The molecule has 4 nitrogen and oxygen atoms in total. The van der Waals surface area contributed by atoms with Crippen molar-refractivity contribution in [3.8, 4) is 16.3 Å². The van der Waals surface area contributed by atoms with Gasteiger partial charge in [-0.1, -0.05) is 37.3 Å². The van der Waals surface area contributed by atoms with Crippen molar-refractivity contribution in [3.05, 3.63) is 29.3 Å². The molecule has 114 valence electrons. The molecule has 0 atom stereocenters. The van der Waals surface area contributed by atoms with E-state index >= 15 is 0 Å². The van der Waals surface area contributed by atoms with Gasteiger partial charge < -0.3 is 10.1 Å². The van der Waals surface area contributed by atoms with Crippen LogP contribution in [0.4, 0.5) is 0 Å². The van der Waals surface area contributed by atoms with Crippen LogP contribution in [-0.2, 0) is 6.42 Å². The van der Waals surface area contributed by atoms with Gasteiger partial charge in [0, 0.05) is 12.0 Å². The monoisotopic (exact) mass is 305 g/mol. The maximum atomic E-state index is 5.24. The van der Waals surface area contributed by atoms with Gasteiger partial charge in [-0.05, 0) is 37.6 Å². The largest absolute Gasteiger partial charge is 0.497 e. The number of aromatic nitrogens is 2. The molecule has 5 heteroatoms. The van der Waals surface area contributed by atoms with Crippen molar-refractivity contribution in [2.24, 2.45) is 5.92 Å². The van der Waals surface area contributed by atoms with E-state index in [1.54, 1.807) is 18.4 Å². The molecular formula is C16H23N3OS. The number of methoxy groups -OCH3 is 1. The number of aryl methyl sites for hydroxylation is 1. The Bertz CT molecular complexity index is 554. The lowest BCUT2D eigenvalue weighted by atomic mass is 10.2. The molecule has 0 aliphatic carbocycles. The molecule has 0 amide bonds. The fourth-order valence-electron chi connectivity index (χ4n) is 1.98. The molecule has 1 N–H and O–H groups in total. The molecule has 1 aromatic heterocycles. The number of benzene rings is 1. The van der Waals surface area contributed by atoms with Crippen molar-refractivity contribution in [1.29, 1.82) is 0 Å². The van der Waals surface area contributed by atoms with E-state index in [4.69, 9.17) is 4.74 Å². The second kappa shape index (κ2) is 8.10. The standard InChI is InChI=1S/C16H23N3OS/c1-12(2)11-17-9-5-8-15-18-19-16(21-15)13-6-4-7-14(10-13)20-3/h4,6-7,10,12,17H,5,8-9,11H2,1-3H3. The summed E-state index contributed by atoms with van der Waals surface area (Å²) >= 11 is 1.66. The predicted molar refractivity (Wildman–Crippen MR) is 87.9 cm³/mol. The highest BCUT2D eigenvalue weighted by Crippen LogP contribution is 2.26. The van der Waals surface area contributed by atoms with E-state index in [1.807, 2.05) is 24.3 Å². The number of nitrogens with one attached hydrogen (secondary N) is 1. The molecule has 0 unspecified atom stereocenters. The summed E-state index contributed by atoms with van der Waals surface area (Å²) in [6.45, 7) is 6.55. The first kappa shape index (κ1) is 15.9. The molecule has 0 saturated carbocycles. The fraction of sp³-hybridized carbons (Fsp3) is 0.500. The van der Waals surface area contributed by atoms with E-state index in [9.17, 15) is 0 Å². The third kappa shape index (κ3) is 5.10.